The molecule has 0 aromatic carbocycles. The van der Waals surface area contributed by atoms with Gasteiger partial charge in [0.05, 0.1) is 0 Å². The van der Waals surface area contributed by atoms with Crippen molar-refractivity contribution < 1.29 is 14.6 Å². The molecular weight excluding hydrogens is 256 g/mol. The first-order valence-electron chi connectivity index (χ1n) is 7.64. The van der Waals surface area contributed by atoms with Crippen LogP contribution in [-0.2, 0) is 4.74 Å². The first-order valence-corrected chi connectivity index (χ1v) is 7.64. The third-order valence-electron chi connectivity index (χ3n) is 3.52. The van der Waals surface area contributed by atoms with Crippen molar-refractivity contribution in [3.8, 4) is 0 Å². The summed E-state index contributed by atoms with van der Waals surface area (Å²) in [5, 5.41) is 12.4. The quantitative estimate of drug-likeness (QED) is 0.811. The molecule has 2 N–H and O–H groups in total. The van der Waals surface area contributed by atoms with Gasteiger partial charge in [0.15, 0.2) is 0 Å². The van der Waals surface area contributed by atoms with Crippen LogP contribution in [0.5, 0.6) is 0 Å². The summed E-state index contributed by atoms with van der Waals surface area (Å²) in [6.45, 7) is 10.5. The fourth-order valence-electron chi connectivity index (χ4n) is 2.28. The number of nitrogens with zero attached hydrogens (tertiary/aromatic N) is 1. The minimum atomic E-state index is -0.425. The summed E-state index contributed by atoms with van der Waals surface area (Å²) in [7, 11) is 0. The predicted molar refractivity (Wildman–Crippen MR) is 79.7 cm³/mol. The summed E-state index contributed by atoms with van der Waals surface area (Å²) in [4.78, 5) is 13.7. The van der Waals surface area contributed by atoms with E-state index < -0.39 is 5.60 Å². The predicted octanol–water partition coefficient (Wildman–Crippen LogP) is 1.99. The summed E-state index contributed by atoms with van der Waals surface area (Å²) < 4.78 is 5.38. The number of likely N-dealkylation sites (tertiary alicyclic amines) is 1. The van der Waals surface area contributed by atoms with Gasteiger partial charge in [-0.3, -0.25) is 0 Å². The topological polar surface area (TPSA) is 61.8 Å². The van der Waals surface area contributed by atoms with Crippen molar-refractivity contribution in [2.45, 2.75) is 58.6 Å². The van der Waals surface area contributed by atoms with E-state index in [-0.39, 0.29) is 12.7 Å². The largest absolute Gasteiger partial charge is 0.444 e. The number of aliphatic hydroxyl groups is 1. The maximum absolute atomic E-state index is 11.9. The molecule has 0 radical (unpaired) electrons. The van der Waals surface area contributed by atoms with Crippen molar-refractivity contribution in [1.29, 1.82) is 0 Å². The number of carbonyl (C=O) groups excluding carboxylic acids is 1. The fourth-order valence-corrected chi connectivity index (χ4v) is 2.28. The Labute approximate surface area is 122 Å². The van der Waals surface area contributed by atoms with E-state index in [1.165, 1.54) is 0 Å². The van der Waals surface area contributed by atoms with E-state index in [9.17, 15) is 4.79 Å². The Balaban J connectivity index is 2.24. The molecule has 118 valence electrons. The molecule has 1 heterocycles. The van der Waals surface area contributed by atoms with E-state index in [1.54, 1.807) is 4.90 Å². The Morgan fingerprint density at radius 2 is 2.00 bits per heavy atom. The van der Waals surface area contributed by atoms with Crippen LogP contribution in [0.3, 0.4) is 0 Å². The van der Waals surface area contributed by atoms with E-state index in [0.29, 0.717) is 12.0 Å². The second kappa shape index (κ2) is 7.84. The number of hydrogen-bond acceptors (Lipinski definition) is 4. The number of carbonyl (C=O) groups is 1. The molecular formula is C15H30N2O3. The lowest BCUT2D eigenvalue weighted by molar-refractivity contribution is 0.0197. The van der Waals surface area contributed by atoms with E-state index >= 15 is 0 Å². The molecule has 0 bridgehead atoms. The molecule has 0 aromatic heterocycles. The Kier molecular flexibility index (Phi) is 6.76. The zero-order valence-corrected chi connectivity index (χ0v) is 13.3. The Bertz CT molecular complexity index is 294. The second-order valence-electron chi connectivity index (χ2n) is 6.77. The van der Waals surface area contributed by atoms with Crippen LogP contribution in [0.2, 0.25) is 0 Å². The van der Waals surface area contributed by atoms with Gasteiger partial charge in [-0.2, -0.15) is 0 Å². The first-order chi connectivity index (χ1) is 9.31. The van der Waals surface area contributed by atoms with Crippen LogP contribution in [0.4, 0.5) is 4.79 Å². The van der Waals surface area contributed by atoms with Gasteiger partial charge in [0.1, 0.15) is 5.60 Å². The summed E-state index contributed by atoms with van der Waals surface area (Å²) >= 11 is 0. The molecule has 0 spiro atoms. The number of hydrogen-bond donors (Lipinski definition) is 2. The third-order valence-corrected chi connectivity index (χ3v) is 3.52. The van der Waals surface area contributed by atoms with E-state index in [0.717, 1.165) is 38.9 Å². The molecule has 0 aromatic rings. The highest BCUT2D eigenvalue weighted by molar-refractivity contribution is 5.68. The van der Waals surface area contributed by atoms with Crippen LogP contribution in [0.1, 0.15) is 47.0 Å². The number of rotatable bonds is 5. The van der Waals surface area contributed by atoms with Gasteiger partial charge in [-0.1, -0.05) is 6.92 Å². The van der Waals surface area contributed by atoms with Gasteiger partial charge < -0.3 is 20.1 Å². The molecule has 0 saturated carbocycles. The standard InChI is InChI=1S/C15H30N2O3/c1-12(7-10-18)11-16-13-5-8-17(9-6-13)14(19)20-15(2,3)4/h12-13,16,18H,5-11H2,1-4H3. The Morgan fingerprint density at radius 3 is 2.50 bits per heavy atom. The normalized spacial score (nSPS) is 18.9. The number of amides is 1. The molecule has 1 fully saturated rings. The molecule has 5 nitrogen and oxygen atoms in total. The highest BCUT2D eigenvalue weighted by atomic mass is 16.6. The van der Waals surface area contributed by atoms with Crippen LogP contribution in [-0.4, -0.2) is 54.0 Å². The zero-order valence-electron chi connectivity index (χ0n) is 13.3. The van der Waals surface area contributed by atoms with E-state index in [1.807, 2.05) is 20.8 Å². The fraction of sp³-hybridized carbons (Fsp3) is 0.933. The van der Waals surface area contributed by atoms with Gasteiger partial charge in [-0.05, 0) is 52.5 Å². The van der Waals surface area contributed by atoms with E-state index in [2.05, 4.69) is 12.2 Å². The van der Waals surface area contributed by atoms with Gasteiger partial charge in [-0.25, -0.2) is 4.79 Å². The number of piperidine rings is 1. The average Bonchev–Trinajstić information content (AvgIpc) is 2.35. The SMILES string of the molecule is CC(CCO)CNC1CCN(C(=O)OC(C)(C)C)CC1. The van der Waals surface area contributed by atoms with Crippen molar-refractivity contribution in [2.75, 3.05) is 26.2 Å². The monoisotopic (exact) mass is 286 g/mol. The van der Waals surface area contributed by atoms with Crippen LogP contribution in [0.15, 0.2) is 0 Å². The molecule has 1 rings (SSSR count). The number of aliphatic hydroxyl groups excluding tert-OH is 1. The summed E-state index contributed by atoms with van der Waals surface area (Å²) in [6.07, 6.45) is 2.56. The summed E-state index contributed by atoms with van der Waals surface area (Å²) in [5.41, 5.74) is -0.425. The molecule has 1 atom stereocenters. The summed E-state index contributed by atoms with van der Waals surface area (Å²) in [6, 6.07) is 0.467. The maximum atomic E-state index is 11.9. The van der Waals surface area contributed by atoms with Crippen molar-refractivity contribution >= 4 is 6.09 Å². The molecule has 1 unspecified atom stereocenters. The van der Waals surface area contributed by atoms with Crippen LogP contribution < -0.4 is 5.32 Å². The van der Waals surface area contributed by atoms with Crippen LogP contribution in [0.25, 0.3) is 0 Å². The molecule has 5 heteroatoms. The second-order valence-corrected chi connectivity index (χ2v) is 6.77. The molecule has 0 aliphatic carbocycles. The van der Waals surface area contributed by atoms with Gasteiger partial charge in [-0.15, -0.1) is 0 Å². The van der Waals surface area contributed by atoms with Crippen molar-refractivity contribution in [2.24, 2.45) is 5.92 Å². The average molecular weight is 286 g/mol. The minimum Gasteiger partial charge on any atom is -0.444 e. The minimum absolute atomic E-state index is 0.204. The van der Waals surface area contributed by atoms with E-state index in [4.69, 9.17) is 9.84 Å². The number of nitrogens with one attached hydrogen (secondary N) is 1. The molecule has 1 amide bonds. The van der Waals surface area contributed by atoms with Crippen molar-refractivity contribution in [3.63, 3.8) is 0 Å². The van der Waals surface area contributed by atoms with Crippen LogP contribution in [0, 0.1) is 5.92 Å². The van der Waals surface area contributed by atoms with Crippen LogP contribution >= 0.6 is 0 Å². The number of ether oxygens (including phenoxy) is 1. The van der Waals surface area contributed by atoms with Gasteiger partial charge in [0.25, 0.3) is 0 Å². The smallest absolute Gasteiger partial charge is 0.410 e. The van der Waals surface area contributed by atoms with Gasteiger partial charge in [0, 0.05) is 25.7 Å². The Hall–Kier alpha value is -0.810. The third kappa shape index (κ3) is 6.57. The molecule has 20 heavy (non-hydrogen) atoms. The Morgan fingerprint density at radius 1 is 1.40 bits per heavy atom. The van der Waals surface area contributed by atoms with Crippen molar-refractivity contribution in [3.05, 3.63) is 0 Å². The lowest BCUT2D eigenvalue weighted by Gasteiger charge is -2.34. The molecule has 1 aliphatic heterocycles. The molecule has 1 saturated heterocycles. The lowest BCUT2D eigenvalue weighted by Crippen LogP contribution is -2.47. The first kappa shape index (κ1) is 17.2. The highest BCUT2D eigenvalue weighted by Crippen LogP contribution is 2.15. The summed E-state index contributed by atoms with van der Waals surface area (Å²) in [5.74, 6) is 0.490. The zero-order chi connectivity index (χ0) is 15.2. The molecule has 1 aliphatic rings. The van der Waals surface area contributed by atoms with Crippen molar-refractivity contribution in [1.82, 2.24) is 10.2 Å². The van der Waals surface area contributed by atoms with Gasteiger partial charge >= 0.3 is 6.09 Å². The highest BCUT2D eigenvalue weighted by Gasteiger charge is 2.26. The lowest BCUT2D eigenvalue weighted by atomic mass is 10.0. The maximum Gasteiger partial charge on any atom is 0.410 e. The van der Waals surface area contributed by atoms with Gasteiger partial charge in [0.2, 0.25) is 0 Å².